The minimum atomic E-state index is -4.48. The molecule has 0 aromatic rings. The van der Waals surface area contributed by atoms with E-state index >= 15 is 0 Å². The molecule has 19 heavy (non-hydrogen) atoms. The number of hydrogen-bond donors (Lipinski definition) is 2. The average molecular weight is 281 g/mol. The molecule has 0 atom stereocenters. The van der Waals surface area contributed by atoms with Crippen molar-refractivity contribution >= 4 is 11.9 Å². The second-order valence-electron chi connectivity index (χ2n) is 5.07. The van der Waals surface area contributed by atoms with Gasteiger partial charge in [-0.3, -0.25) is 9.59 Å². The van der Waals surface area contributed by atoms with Gasteiger partial charge in [0.05, 0.1) is 5.41 Å². The fraction of sp³-hybridized carbons (Fsp3) is 0.833. The van der Waals surface area contributed by atoms with Crippen molar-refractivity contribution in [3.63, 3.8) is 0 Å². The maximum atomic E-state index is 12.0. The van der Waals surface area contributed by atoms with E-state index in [1.54, 1.807) is 5.32 Å². The summed E-state index contributed by atoms with van der Waals surface area (Å²) in [5.74, 6) is -1.93. The molecule has 1 rings (SSSR count). The predicted octanol–water partition coefficient (Wildman–Crippen LogP) is 2.48. The first-order chi connectivity index (χ1) is 8.75. The Morgan fingerprint density at radius 3 is 2.05 bits per heavy atom. The lowest BCUT2D eigenvalue weighted by Gasteiger charge is -2.27. The van der Waals surface area contributed by atoms with Gasteiger partial charge < -0.3 is 10.4 Å². The number of carboxylic acids is 1. The summed E-state index contributed by atoms with van der Waals surface area (Å²) in [6, 6.07) is 0. The summed E-state index contributed by atoms with van der Waals surface area (Å²) in [6.07, 6.45) is -0.965. The van der Waals surface area contributed by atoms with E-state index in [0.29, 0.717) is 25.7 Å². The van der Waals surface area contributed by atoms with Gasteiger partial charge in [0.15, 0.2) is 0 Å². The first-order valence-electron chi connectivity index (χ1n) is 6.32. The zero-order chi connectivity index (χ0) is 14.5. The average Bonchev–Trinajstić information content (AvgIpc) is 2.52. The summed E-state index contributed by atoms with van der Waals surface area (Å²) >= 11 is 0. The maximum absolute atomic E-state index is 12.0. The standard InChI is InChI=1S/C12H18F3NO3/c13-12(14,15)8-16-9(17)7-11(10(18)19)5-3-1-2-4-6-11/h1-8H2,(H,16,17)(H,18,19). The largest absolute Gasteiger partial charge is 0.481 e. The summed E-state index contributed by atoms with van der Waals surface area (Å²) in [5, 5.41) is 11.0. The van der Waals surface area contributed by atoms with Crippen LogP contribution in [0.3, 0.4) is 0 Å². The number of carboxylic acid groups (broad SMARTS) is 1. The fourth-order valence-electron chi connectivity index (χ4n) is 2.44. The van der Waals surface area contributed by atoms with Crippen molar-refractivity contribution < 1.29 is 27.9 Å². The Labute approximate surface area is 109 Å². The number of rotatable bonds is 4. The molecule has 0 radical (unpaired) electrons. The van der Waals surface area contributed by atoms with Gasteiger partial charge in [-0.2, -0.15) is 13.2 Å². The zero-order valence-corrected chi connectivity index (χ0v) is 10.6. The number of nitrogens with one attached hydrogen (secondary N) is 1. The van der Waals surface area contributed by atoms with Crippen LogP contribution >= 0.6 is 0 Å². The Balaban J connectivity index is 2.62. The van der Waals surface area contributed by atoms with Crippen LogP contribution in [0.25, 0.3) is 0 Å². The molecule has 0 aromatic heterocycles. The molecule has 1 aliphatic rings. The van der Waals surface area contributed by atoms with Crippen molar-refractivity contribution in [2.24, 2.45) is 5.41 Å². The number of halogens is 3. The second kappa shape index (κ2) is 6.25. The minimum Gasteiger partial charge on any atom is -0.481 e. The van der Waals surface area contributed by atoms with Gasteiger partial charge in [0.1, 0.15) is 6.54 Å². The molecular weight excluding hydrogens is 263 g/mol. The lowest BCUT2D eigenvalue weighted by Crippen LogP contribution is -2.40. The van der Waals surface area contributed by atoms with E-state index in [1.165, 1.54) is 0 Å². The predicted molar refractivity (Wildman–Crippen MR) is 61.5 cm³/mol. The van der Waals surface area contributed by atoms with Gasteiger partial charge in [0.25, 0.3) is 0 Å². The van der Waals surface area contributed by atoms with E-state index in [1.807, 2.05) is 0 Å². The van der Waals surface area contributed by atoms with Crippen LogP contribution in [-0.2, 0) is 9.59 Å². The van der Waals surface area contributed by atoms with Crippen LogP contribution in [0.15, 0.2) is 0 Å². The second-order valence-corrected chi connectivity index (χ2v) is 5.07. The fourth-order valence-corrected chi connectivity index (χ4v) is 2.44. The number of amides is 1. The molecule has 0 spiro atoms. The Morgan fingerprint density at radius 1 is 1.11 bits per heavy atom. The third-order valence-electron chi connectivity index (χ3n) is 3.50. The number of hydrogen-bond acceptors (Lipinski definition) is 2. The molecule has 0 heterocycles. The molecule has 7 heteroatoms. The number of carbonyl (C=O) groups excluding carboxylic acids is 1. The maximum Gasteiger partial charge on any atom is 0.405 e. The van der Waals surface area contributed by atoms with Crippen molar-refractivity contribution in [3.05, 3.63) is 0 Å². The quantitative estimate of drug-likeness (QED) is 0.778. The van der Waals surface area contributed by atoms with E-state index in [4.69, 9.17) is 0 Å². The molecule has 0 saturated heterocycles. The Bertz CT molecular complexity index is 334. The summed E-state index contributed by atoms with van der Waals surface area (Å²) in [7, 11) is 0. The van der Waals surface area contributed by atoms with E-state index < -0.39 is 30.0 Å². The topological polar surface area (TPSA) is 66.4 Å². The van der Waals surface area contributed by atoms with Crippen LogP contribution in [0.5, 0.6) is 0 Å². The lowest BCUT2D eigenvalue weighted by atomic mass is 9.77. The van der Waals surface area contributed by atoms with Gasteiger partial charge in [0, 0.05) is 6.42 Å². The molecule has 0 unspecified atom stereocenters. The highest BCUT2D eigenvalue weighted by atomic mass is 19.4. The van der Waals surface area contributed by atoms with E-state index in [-0.39, 0.29) is 6.42 Å². The number of aliphatic carboxylic acids is 1. The third-order valence-corrected chi connectivity index (χ3v) is 3.50. The highest BCUT2D eigenvalue weighted by Crippen LogP contribution is 2.38. The molecule has 1 saturated carbocycles. The molecule has 110 valence electrons. The number of carbonyl (C=O) groups is 2. The Hall–Kier alpha value is -1.27. The Kier molecular flexibility index (Phi) is 5.20. The van der Waals surface area contributed by atoms with Crippen molar-refractivity contribution in [2.45, 2.75) is 51.1 Å². The smallest absolute Gasteiger partial charge is 0.405 e. The number of alkyl halides is 3. The van der Waals surface area contributed by atoms with Crippen LogP contribution in [0, 0.1) is 5.41 Å². The van der Waals surface area contributed by atoms with Gasteiger partial charge in [-0.05, 0) is 12.8 Å². The monoisotopic (exact) mass is 281 g/mol. The molecule has 4 nitrogen and oxygen atoms in total. The van der Waals surface area contributed by atoms with Gasteiger partial charge in [-0.1, -0.05) is 25.7 Å². The van der Waals surface area contributed by atoms with Crippen molar-refractivity contribution in [1.82, 2.24) is 5.32 Å². The molecule has 0 bridgehead atoms. The van der Waals surface area contributed by atoms with Gasteiger partial charge in [-0.25, -0.2) is 0 Å². The minimum absolute atomic E-state index is 0.349. The summed E-state index contributed by atoms with van der Waals surface area (Å²) in [4.78, 5) is 22.9. The normalized spacial score (nSPS) is 19.5. The van der Waals surface area contributed by atoms with Crippen LogP contribution in [0.4, 0.5) is 13.2 Å². The van der Waals surface area contributed by atoms with E-state index in [0.717, 1.165) is 12.8 Å². The summed E-state index contributed by atoms with van der Waals surface area (Å²) < 4.78 is 35.9. The molecule has 0 aromatic carbocycles. The molecule has 1 amide bonds. The van der Waals surface area contributed by atoms with Gasteiger partial charge >= 0.3 is 12.1 Å². The molecule has 0 aliphatic heterocycles. The lowest BCUT2D eigenvalue weighted by molar-refractivity contribution is -0.154. The molecule has 2 N–H and O–H groups in total. The first-order valence-corrected chi connectivity index (χ1v) is 6.32. The van der Waals surface area contributed by atoms with E-state index in [9.17, 15) is 27.9 Å². The molecule has 1 fully saturated rings. The van der Waals surface area contributed by atoms with Crippen molar-refractivity contribution in [3.8, 4) is 0 Å². The van der Waals surface area contributed by atoms with Crippen LogP contribution in [0.1, 0.15) is 44.9 Å². The SMILES string of the molecule is O=C(CC1(C(=O)O)CCCCCC1)NCC(F)(F)F. The summed E-state index contributed by atoms with van der Waals surface area (Å²) in [6.45, 7) is -1.42. The van der Waals surface area contributed by atoms with Crippen LogP contribution in [-0.4, -0.2) is 29.7 Å². The van der Waals surface area contributed by atoms with Crippen LogP contribution < -0.4 is 5.32 Å². The molecular formula is C12H18F3NO3. The molecule has 1 aliphatic carbocycles. The Morgan fingerprint density at radius 2 is 1.63 bits per heavy atom. The van der Waals surface area contributed by atoms with Crippen molar-refractivity contribution in [1.29, 1.82) is 0 Å². The highest BCUT2D eigenvalue weighted by molar-refractivity contribution is 5.85. The van der Waals surface area contributed by atoms with E-state index in [2.05, 4.69) is 0 Å². The first kappa shape index (κ1) is 15.8. The van der Waals surface area contributed by atoms with Gasteiger partial charge in [0.2, 0.25) is 5.91 Å². The third kappa shape index (κ3) is 5.08. The zero-order valence-electron chi connectivity index (χ0n) is 10.6. The highest BCUT2D eigenvalue weighted by Gasteiger charge is 2.41. The van der Waals surface area contributed by atoms with Crippen LogP contribution in [0.2, 0.25) is 0 Å². The van der Waals surface area contributed by atoms with Crippen molar-refractivity contribution in [2.75, 3.05) is 6.54 Å². The van der Waals surface area contributed by atoms with Gasteiger partial charge in [-0.15, -0.1) is 0 Å². The summed E-state index contributed by atoms with van der Waals surface area (Å²) in [5.41, 5.74) is -1.20.